The number of carbonyl (C=O) groups excluding carboxylic acids is 2. The van der Waals surface area contributed by atoms with Crippen LogP contribution in [-0.4, -0.2) is 52.5 Å². The molecule has 1 aromatic carbocycles. The first kappa shape index (κ1) is 18.3. The number of hydrogen-bond donors (Lipinski definition) is 1. The molecular weight excluding hydrogens is 352 g/mol. The van der Waals surface area contributed by atoms with Gasteiger partial charge in [-0.25, -0.2) is 0 Å². The summed E-state index contributed by atoms with van der Waals surface area (Å²) in [6, 6.07) is 9.34. The van der Waals surface area contributed by atoms with Crippen LogP contribution in [0.2, 0.25) is 0 Å². The summed E-state index contributed by atoms with van der Waals surface area (Å²) in [5.74, 6) is 0.959. The third kappa shape index (κ3) is 4.78. The van der Waals surface area contributed by atoms with E-state index in [0.29, 0.717) is 41.9 Å². The highest BCUT2D eigenvalue weighted by molar-refractivity contribution is 7.07. The molecule has 1 aromatic heterocycles. The molecule has 2 heterocycles. The Balaban J connectivity index is 1.38. The normalized spacial score (nSPS) is 14.9. The SMILES string of the molecule is Cc1nnsc1C(=O)NCC1CCN(C(=O)COc2ccccc2)CC1. The van der Waals surface area contributed by atoms with Crippen LogP contribution in [0, 0.1) is 12.8 Å². The zero-order valence-corrected chi connectivity index (χ0v) is 15.5. The zero-order valence-electron chi connectivity index (χ0n) is 14.7. The number of nitrogens with one attached hydrogen (secondary N) is 1. The summed E-state index contributed by atoms with van der Waals surface area (Å²) in [6.45, 7) is 3.83. The molecule has 7 nitrogen and oxygen atoms in total. The third-order valence-corrected chi connectivity index (χ3v) is 5.31. The number of carbonyl (C=O) groups is 2. The summed E-state index contributed by atoms with van der Waals surface area (Å²) >= 11 is 1.11. The molecule has 3 rings (SSSR count). The van der Waals surface area contributed by atoms with E-state index >= 15 is 0 Å². The molecule has 1 aliphatic heterocycles. The Morgan fingerprint density at radius 2 is 2.00 bits per heavy atom. The number of piperidine rings is 1. The van der Waals surface area contributed by atoms with Gasteiger partial charge in [-0.3, -0.25) is 9.59 Å². The summed E-state index contributed by atoms with van der Waals surface area (Å²) in [7, 11) is 0. The molecule has 8 heteroatoms. The summed E-state index contributed by atoms with van der Waals surface area (Å²) in [5.41, 5.74) is 0.659. The minimum absolute atomic E-state index is 0.00250. The number of amides is 2. The number of rotatable bonds is 6. The van der Waals surface area contributed by atoms with Crippen molar-refractivity contribution in [1.29, 1.82) is 0 Å². The molecule has 26 heavy (non-hydrogen) atoms. The molecule has 0 atom stereocenters. The van der Waals surface area contributed by atoms with Crippen LogP contribution < -0.4 is 10.1 Å². The Morgan fingerprint density at radius 3 is 2.65 bits per heavy atom. The topological polar surface area (TPSA) is 84.4 Å². The molecule has 0 spiro atoms. The fraction of sp³-hybridized carbons (Fsp3) is 0.444. The van der Waals surface area contributed by atoms with Gasteiger partial charge in [-0.2, -0.15) is 0 Å². The van der Waals surface area contributed by atoms with Crippen LogP contribution in [0.4, 0.5) is 0 Å². The van der Waals surface area contributed by atoms with Crippen LogP contribution in [0.15, 0.2) is 30.3 Å². The number of ether oxygens (including phenoxy) is 1. The second-order valence-electron chi connectivity index (χ2n) is 6.32. The van der Waals surface area contributed by atoms with Crippen molar-refractivity contribution in [2.45, 2.75) is 19.8 Å². The van der Waals surface area contributed by atoms with Crippen LogP contribution >= 0.6 is 11.5 Å². The van der Waals surface area contributed by atoms with Crippen molar-refractivity contribution in [1.82, 2.24) is 19.8 Å². The Morgan fingerprint density at radius 1 is 1.27 bits per heavy atom. The minimum Gasteiger partial charge on any atom is -0.484 e. The van der Waals surface area contributed by atoms with Gasteiger partial charge in [0, 0.05) is 19.6 Å². The van der Waals surface area contributed by atoms with E-state index in [9.17, 15) is 9.59 Å². The molecule has 0 unspecified atom stereocenters. The molecule has 1 saturated heterocycles. The van der Waals surface area contributed by atoms with Crippen LogP contribution in [0.3, 0.4) is 0 Å². The number of nitrogens with zero attached hydrogens (tertiary/aromatic N) is 3. The lowest BCUT2D eigenvalue weighted by molar-refractivity contribution is -0.134. The molecule has 1 fully saturated rings. The van der Waals surface area contributed by atoms with Crippen molar-refractivity contribution < 1.29 is 14.3 Å². The predicted octanol–water partition coefficient (Wildman–Crippen LogP) is 1.89. The summed E-state index contributed by atoms with van der Waals surface area (Å²) < 4.78 is 9.30. The van der Waals surface area contributed by atoms with Gasteiger partial charge in [0.15, 0.2) is 6.61 Å². The average Bonchev–Trinajstić information content (AvgIpc) is 3.11. The van der Waals surface area contributed by atoms with Crippen LogP contribution in [0.5, 0.6) is 5.75 Å². The van der Waals surface area contributed by atoms with Gasteiger partial charge < -0.3 is 15.0 Å². The molecular formula is C18H22N4O3S. The van der Waals surface area contributed by atoms with E-state index in [1.165, 1.54) is 0 Å². The minimum atomic E-state index is -0.118. The lowest BCUT2D eigenvalue weighted by Crippen LogP contribution is -2.43. The van der Waals surface area contributed by atoms with Gasteiger partial charge in [0.2, 0.25) is 0 Å². The number of hydrogen-bond acceptors (Lipinski definition) is 6. The Labute approximate surface area is 156 Å². The van der Waals surface area contributed by atoms with Crippen molar-refractivity contribution in [2.75, 3.05) is 26.2 Å². The van der Waals surface area contributed by atoms with Gasteiger partial charge >= 0.3 is 0 Å². The van der Waals surface area contributed by atoms with Crippen LogP contribution in [0.25, 0.3) is 0 Å². The maximum absolute atomic E-state index is 12.3. The highest BCUT2D eigenvalue weighted by Crippen LogP contribution is 2.18. The second kappa shape index (κ2) is 8.75. The molecule has 0 aliphatic carbocycles. The fourth-order valence-electron chi connectivity index (χ4n) is 2.90. The second-order valence-corrected chi connectivity index (χ2v) is 7.08. The lowest BCUT2D eigenvalue weighted by Gasteiger charge is -2.32. The van der Waals surface area contributed by atoms with E-state index in [0.717, 1.165) is 24.4 Å². The first-order chi connectivity index (χ1) is 12.6. The smallest absolute Gasteiger partial charge is 0.264 e. The van der Waals surface area contributed by atoms with Crippen molar-refractivity contribution in [3.8, 4) is 5.75 Å². The number of para-hydroxylation sites is 1. The molecule has 1 aliphatic rings. The number of aryl methyl sites for hydroxylation is 1. The maximum Gasteiger partial charge on any atom is 0.264 e. The fourth-order valence-corrected chi connectivity index (χ4v) is 3.47. The molecule has 138 valence electrons. The van der Waals surface area contributed by atoms with Gasteiger partial charge in [-0.15, -0.1) is 5.10 Å². The van der Waals surface area contributed by atoms with Crippen molar-refractivity contribution in [3.63, 3.8) is 0 Å². The number of likely N-dealkylation sites (tertiary alicyclic amines) is 1. The van der Waals surface area contributed by atoms with Gasteiger partial charge in [-0.05, 0) is 49.3 Å². The third-order valence-electron chi connectivity index (χ3n) is 4.48. The Bertz CT molecular complexity index is 742. The van der Waals surface area contributed by atoms with E-state index in [-0.39, 0.29) is 18.4 Å². The van der Waals surface area contributed by atoms with Gasteiger partial charge in [0.25, 0.3) is 11.8 Å². The summed E-state index contributed by atoms with van der Waals surface area (Å²) in [6.07, 6.45) is 1.74. The number of aromatic nitrogens is 2. The molecule has 1 N–H and O–H groups in total. The van der Waals surface area contributed by atoms with E-state index in [1.54, 1.807) is 6.92 Å². The van der Waals surface area contributed by atoms with Crippen LogP contribution in [-0.2, 0) is 4.79 Å². The molecule has 2 amide bonds. The van der Waals surface area contributed by atoms with Gasteiger partial charge in [-0.1, -0.05) is 22.7 Å². The molecule has 0 radical (unpaired) electrons. The monoisotopic (exact) mass is 374 g/mol. The first-order valence-corrected chi connectivity index (χ1v) is 9.43. The summed E-state index contributed by atoms with van der Waals surface area (Å²) in [5, 5.41) is 6.80. The van der Waals surface area contributed by atoms with E-state index in [4.69, 9.17) is 4.74 Å². The molecule has 2 aromatic rings. The predicted molar refractivity (Wildman–Crippen MR) is 98.2 cm³/mol. The van der Waals surface area contributed by atoms with Crippen LogP contribution in [0.1, 0.15) is 28.2 Å². The molecule has 0 saturated carbocycles. The zero-order chi connectivity index (χ0) is 18.4. The van der Waals surface area contributed by atoms with Crippen molar-refractivity contribution in [2.24, 2.45) is 5.92 Å². The quantitative estimate of drug-likeness (QED) is 0.835. The van der Waals surface area contributed by atoms with E-state index in [2.05, 4.69) is 14.9 Å². The molecule has 0 bridgehead atoms. The first-order valence-electron chi connectivity index (χ1n) is 8.66. The van der Waals surface area contributed by atoms with E-state index < -0.39 is 0 Å². The Kier molecular flexibility index (Phi) is 6.17. The highest BCUT2D eigenvalue weighted by atomic mass is 32.1. The summed E-state index contributed by atoms with van der Waals surface area (Å²) in [4.78, 5) is 26.8. The Hall–Kier alpha value is -2.48. The largest absolute Gasteiger partial charge is 0.484 e. The lowest BCUT2D eigenvalue weighted by atomic mass is 9.96. The standard InChI is InChI=1S/C18H22N4O3S/c1-13-17(26-21-20-13)18(24)19-11-14-7-9-22(10-8-14)16(23)12-25-15-5-3-2-4-6-15/h2-6,14H,7-12H2,1H3,(H,19,24). The van der Waals surface area contributed by atoms with Gasteiger partial charge in [0.05, 0.1) is 5.69 Å². The van der Waals surface area contributed by atoms with E-state index in [1.807, 2.05) is 35.2 Å². The average molecular weight is 374 g/mol. The van der Waals surface area contributed by atoms with Crippen molar-refractivity contribution >= 4 is 23.3 Å². The number of benzene rings is 1. The maximum atomic E-state index is 12.3. The highest BCUT2D eigenvalue weighted by Gasteiger charge is 2.24. The van der Waals surface area contributed by atoms with Gasteiger partial charge in [0.1, 0.15) is 10.6 Å². The van der Waals surface area contributed by atoms with Crippen molar-refractivity contribution in [3.05, 3.63) is 40.9 Å².